The minimum absolute atomic E-state index is 0.0567. The number of likely N-dealkylation sites (N-methyl/N-ethyl adjacent to an activating group) is 1. The second-order valence-electron chi connectivity index (χ2n) is 9.85. The first kappa shape index (κ1) is 22.0. The van der Waals surface area contributed by atoms with Crippen molar-refractivity contribution in [2.75, 3.05) is 7.05 Å². The van der Waals surface area contributed by atoms with E-state index in [1.54, 1.807) is 18.6 Å². The summed E-state index contributed by atoms with van der Waals surface area (Å²) < 4.78 is 7.94. The van der Waals surface area contributed by atoms with Gasteiger partial charge in [-0.1, -0.05) is 0 Å². The van der Waals surface area contributed by atoms with Crippen LogP contribution in [0.2, 0.25) is 0 Å². The van der Waals surface area contributed by atoms with Crippen molar-refractivity contribution in [2.24, 2.45) is 5.73 Å². The summed E-state index contributed by atoms with van der Waals surface area (Å²) in [7, 11) is 2.06. The summed E-state index contributed by atoms with van der Waals surface area (Å²) in [6, 6.07) is 4.62. The normalized spacial score (nSPS) is 25.6. The molecule has 1 aliphatic carbocycles. The van der Waals surface area contributed by atoms with Crippen LogP contribution in [0.1, 0.15) is 55.3 Å². The van der Waals surface area contributed by atoms with E-state index >= 15 is 0 Å². The molecule has 2 aromatic heterocycles. The van der Waals surface area contributed by atoms with Crippen molar-refractivity contribution in [1.82, 2.24) is 24.6 Å². The molecule has 2 aliphatic rings. The van der Waals surface area contributed by atoms with Crippen LogP contribution in [-0.4, -0.2) is 48.6 Å². The number of benzene rings is 1. The molecule has 1 fully saturated rings. The SMILES string of the molecule is Cc1cc(-c2cncc(Oc3cnn([C@H]4CC[C@@](C)(O)CC4)c3)n2)cc2c1CC(N)N(C)C2. The van der Waals surface area contributed by atoms with Crippen LogP contribution in [0.25, 0.3) is 11.3 Å². The summed E-state index contributed by atoms with van der Waals surface area (Å²) in [5.41, 5.74) is 11.3. The van der Waals surface area contributed by atoms with E-state index in [0.717, 1.165) is 49.9 Å². The van der Waals surface area contributed by atoms with Gasteiger partial charge in [-0.15, -0.1) is 0 Å². The van der Waals surface area contributed by atoms with E-state index in [1.165, 1.54) is 16.7 Å². The number of aryl methyl sites for hydroxylation is 1. The van der Waals surface area contributed by atoms with Crippen molar-refractivity contribution in [3.63, 3.8) is 0 Å². The summed E-state index contributed by atoms with van der Waals surface area (Å²) in [5, 5.41) is 14.7. The van der Waals surface area contributed by atoms with Gasteiger partial charge in [0.1, 0.15) is 0 Å². The first-order chi connectivity index (χ1) is 15.8. The van der Waals surface area contributed by atoms with Gasteiger partial charge in [-0.2, -0.15) is 5.10 Å². The van der Waals surface area contributed by atoms with Crippen molar-refractivity contribution < 1.29 is 9.84 Å². The highest BCUT2D eigenvalue weighted by atomic mass is 16.5. The number of aliphatic hydroxyl groups is 1. The summed E-state index contributed by atoms with van der Waals surface area (Å²) >= 11 is 0. The van der Waals surface area contributed by atoms with Crippen LogP contribution in [-0.2, 0) is 13.0 Å². The van der Waals surface area contributed by atoms with Gasteiger partial charge in [-0.05, 0) is 75.4 Å². The molecule has 174 valence electrons. The van der Waals surface area contributed by atoms with Crippen LogP contribution < -0.4 is 10.5 Å². The largest absolute Gasteiger partial charge is 0.434 e. The Labute approximate surface area is 194 Å². The zero-order valence-corrected chi connectivity index (χ0v) is 19.5. The molecule has 0 radical (unpaired) electrons. The second-order valence-corrected chi connectivity index (χ2v) is 9.85. The molecule has 0 spiro atoms. The van der Waals surface area contributed by atoms with Crippen LogP contribution in [0.5, 0.6) is 11.6 Å². The summed E-state index contributed by atoms with van der Waals surface area (Å²) in [6.07, 6.45) is 11.3. The molecule has 3 aromatic rings. The lowest BCUT2D eigenvalue weighted by Gasteiger charge is -2.32. The number of hydrogen-bond acceptors (Lipinski definition) is 7. The van der Waals surface area contributed by atoms with Crippen molar-refractivity contribution in [1.29, 1.82) is 0 Å². The topological polar surface area (TPSA) is 102 Å². The third kappa shape index (κ3) is 4.64. The van der Waals surface area contributed by atoms with Crippen LogP contribution in [0.3, 0.4) is 0 Å². The molecule has 1 aromatic carbocycles. The lowest BCUT2D eigenvalue weighted by Crippen LogP contribution is -2.44. The molecule has 1 aliphatic heterocycles. The number of hydrogen-bond donors (Lipinski definition) is 2. The number of fused-ring (bicyclic) bond motifs is 1. The van der Waals surface area contributed by atoms with Gasteiger partial charge in [0, 0.05) is 18.5 Å². The Bertz CT molecular complexity index is 1150. The van der Waals surface area contributed by atoms with E-state index in [9.17, 15) is 5.11 Å². The fourth-order valence-electron chi connectivity index (χ4n) is 4.94. The average Bonchev–Trinajstić information content (AvgIpc) is 3.23. The predicted octanol–water partition coefficient (Wildman–Crippen LogP) is 3.58. The smallest absolute Gasteiger partial charge is 0.238 e. The minimum Gasteiger partial charge on any atom is -0.434 e. The van der Waals surface area contributed by atoms with Crippen LogP contribution in [0.15, 0.2) is 36.9 Å². The fourth-order valence-corrected chi connectivity index (χ4v) is 4.94. The second kappa shape index (κ2) is 8.52. The number of nitrogens with two attached hydrogens (primary N) is 1. The van der Waals surface area contributed by atoms with E-state index in [1.807, 2.05) is 17.8 Å². The molecular weight excluding hydrogens is 416 g/mol. The molecule has 0 bridgehead atoms. The molecule has 1 unspecified atom stereocenters. The highest BCUT2D eigenvalue weighted by molar-refractivity contribution is 5.63. The minimum atomic E-state index is -0.560. The monoisotopic (exact) mass is 448 g/mol. The Balaban J connectivity index is 1.33. The van der Waals surface area contributed by atoms with Crippen molar-refractivity contribution >= 4 is 0 Å². The fraction of sp³-hybridized carbons (Fsp3) is 0.480. The molecule has 8 nitrogen and oxygen atoms in total. The molecule has 1 saturated carbocycles. The summed E-state index contributed by atoms with van der Waals surface area (Å²) in [4.78, 5) is 11.2. The van der Waals surface area contributed by atoms with Gasteiger partial charge < -0.3 is 15.6 Å². The first-order valence-electron chi connectivity index (χ1n) is 11.6. The highest BCUT2D eigenvalue weighted by Crippen LogP contribution is 2.35. The Morgan fingerprint density at radius 3 is 2.76 bits per heavy atom. The van der Waals surface area contributed by atoms with Crippen LogP contribution in [0.4, 0.5) is 0 Å². The van der Waals surface area contributed by atoms with Gasteiger partial charge in [0.2, 0.25) is 5.88 Å². The van der Waals surface area contributed by atoms with Crippen molar-refractivity contribution in [3.05, 3.63) is 53.6 Å². The molecule has 3 N–H and O–H groups in total. The number of rotatable bonds is 4. The number of aromatic nitrogens is 4. The molecule has 0 amide bonds. The molecule has 8 heteroatoms. The first-order valence-corrected chi connectivity index (χ1v) is 11.6. The Kier molecular flexibility index (Phi) is 5.68. The van der Waals surface area contributed by atoms with Gasteiger partial charge in [0.05, 0.1) is 48.3 Å². The van der Waals surface area contributed by atoms with Gasteiger partial charge in [-0.25, -0.2) is 4.98 Å². The summed E-state index contributed by atoms with van der Waals surface area (Å²) in [6.45, 7) is 4.86. The number of nitrogens with zero attached hydrogens (tertiary/aromatic N) is 5. The van der Waals surface area contributed by atoms with E-state index in [4.69, 9.17) is 15.5 Å². The molecular formula is C25H32N6O2. The Morgan fingerprint density at radius 2 is 1.97 bits per heavy atom. The molecule has 5 rings (SSSR count). The van der Waals surface area contributed by atoms with Crippen LogP contribution >= 0.6 is 0 Å². The zero-order chi connectivity index (χ0) is 23.2. The highest BCUT2D eigenvalue weighted by Gasteiger charge is 2.30. The number of ether oxygens (including phenoxy) is 1. The molecule has 3 heterocycles. The predicted molar refractivity (Wildman–Crippen MR) is 126 cm³/mol. The van der Waals surface area contributed by atoms with Gasteiger partial charge in [0.15, 0.2) is 5.75 Å². The van der Waals surface area contributed by atoms with Gasteiger partial charge in [0.25, 0.3) is 0 Å². The Hall–Kier alpha value is -2.81. The van der Waals surface area contributed by atoms with Gasteiger partial charge in [-0.3, -0.25) is 14.6 Å². The maximum absolute atomic E-state index is 10.2. The lowest BCUT2D eigenvalue weighted by atomic mass is 9.84. The standard InChI is InChI=1S/C25H32N6O2/c1-16-8-17(9-18-14-30(3)23(26)10-21(16)18)22-12-27-13-24(29-22)33-20-11-28-31(15-20)19-4-6-25(2,32)7-5-19/h8-9,11-13,15,19,23,32H,4-7,10,14,26H2,1-3H3/t19-,23?,25+. The van der Waals surface area contributed by atoms with E-state index in [2.05, 4.69) is 41.1 Å². The molecule has 33 heavy (non-hydrogen) atoms. The van der Waals surface area contributed by atoms with Crippen LogP contribution in [0, 0.1) is 6.92 Å². The maximum atomic E-state index is 10.2. The van der Waals surface area contributed by atoms with E-state index < -0.39 is 5.60 Å². The van der Waals surface area contributed by atoms with Gasteiger partial charge >= 0.3 is 0 Å². The third-order valence-corrected chi connectivity index (χ3v) is 7.08. The molecule has 0 saturated heterocycles. The lowest BCUT2D eigenvalue weighted by molar-refractivity contribution is 0.00850. The van der Waals surface area contributed by atoms with E-state index in [-0.39, 0.29) is 12.2 Å². The molecule has 1 atom stereocenters. The quantitative estimate of drug-likeness (QED) is 0.629. The third-order valence-electron chi connectivity index (χ3n) is 7.08. The zero-order valence-electron chi connectivity index (χ0n) is 19.5. The van der Waals surface area contributed by atoms with Crippen molar-refractivity contribution in [2.45, 2.75) is 70.3 Å². The summed E-state index contributed by atoms with van der Waals surface area (Å²) in [5.74, 6) is 1.07. The average molecular weight is 449 g/mol. The van der Waals surface area contributed by atoms with E-state index in [0.29, 0.717) is 11.6 Å². The van der Waals surface area contributed by atoms with Crippen molar-refractivity contribution in [3.8, 4) is 22.9 Å². The Morgan fingerprint density at radius 1 is 1.18 bits per heavy atom. The maximum Gasteiger partial charge on any atom is 0.238 e.